The average molecular weight is 332 g/mol. The highest BCUT2D eigenvalue weighted by atomic mass is 16.4. The highest BCUT2D eigenvalue weighted by Crippen LogP contribution is 2.56. The predicted octanol–water partition coefficient (Wildman–Crippen LogP) is 2.69. The van der Waals surface area contributed by atoms with Crippen molar-refractivity contribution in [3.05, 3.63) is 18.5 Å². The first-order valence-corrected chi connectivity index (χ1v) is 9.34. The zero-order valence-electron chi connectivity index (χ0n) is 14.5. The van der Waals surface area contributed by atoms with Gasteiger partial charge in [0.1, 0.15) is 0 Å². The summed E-state index contributed by atoms with van der Waals surface area (Å²) in [5, 5.41) is 13.7. The third-order valence-corrected chi connectivity index (χ3v) is 6.83. The van der Waals surface area contributed by atoms with Gasteiger partial charge in [0.05, 0.1) is 6.04 Å². The van der Waals surface area contributed by atoms with Crippen molar-refractivity contribution in [1.29, 1.82) is 0 Å². The van der Waals surface area contributed by atoms with Crippen LogP contribution in [0.15, 0.2) is 18.5 Å². The van der Waals surface area contributed by atoms with Gasteiger partial charge in [0, 0.05) is 44.6 Å². The Morgan fingerprint density at radius 2 is 2.12 bits per heavy atom. The number of rotatable bonds is 3. The molecule has 3 atom stereocenters. The molecule has 0 radical (unpaired) electrons. The largest absolute Gasteiger partial charge is 0.465 e. The second-order valence-electron chi connectivity index (χ2n) is 7.86. The number of likely N-dealkylation sites (tertiary alicyclic amines) is 2. The van der Waals surface area contributed by atoms with Crippen molar-refractivity contribution in [2.75, 3.05) is 26.2 Å². The zero-order valence-corrected chi connectivity index (χ0v) is 14.5. The minimum absolute atomic E-state index is 0.261. The molecule has 3 unspecified atom stereocenters. The van der Waals surface area contributed by atoms with E-state index in [1.807, 2.05) is 12.3 Å². The predicted molar refractivity (Wildman–Crippen MR) is 90.9 cm³/mol. The zero-order chi connectivity index (χ0) is 16.7. The monoisotopic (exact) mass is 332 g/mol. The maximum Gasteiger partial charge on any atom is 0.407 e. The molecule has 1 N–H and O–H groups in total. The quantitative estimate of drug-likeness (QED) is 0.924. The summed E-state index contributed by atoms with van der Waals surface area (Å²) in [5.74, 6) is 0.656. The van der Waals surface area contributed by atoms with Gasteiger partial charge in [-0.25, -0.2) is 4.79 Å². The highest BCUT2D eigenvalue weighted by Gasteiger charge is 2.57. The molecule has 1 aromatic rings. The van der Waals surface area contributed by atoms with Crippen LogP contribution in [-0.2, 0) is 0 Å². The minimum Gasteiger partial charge on any atom is -0.465 e. The molecule has 2 aliphatic heterocycles. The average Bonchev–Trinajstić information content (AvgIpc) is 3.24. The van der Waals surface area contributed by atoms with Gasteiger partial charge < -0.3 is 10.0 Å². The van der Waals surface area contributed by atoms with E-state index >= 15 is 0 Å². The molecule has 1 amide bonds. The van der Waals surface area contributed by atoms with Crippen LogP contribution in [0.1, 0.15) is 45.1 Å². The van der Waals surface area contributed by atoms with Gasteiger partial charge in [-0.1, -0.05) is 13.3 Å². The van der Waals surface area contributed by atoms with E-state index < -0.39 is 6.09 Å². The van der Waals surface area contributed by atoms with E-state index in [2.05, 4.69) is 27.8 Å². The van der Waals surface area contributed by atoms with Crippen molar-refractivity contribution < 1.29 is 9.90 Å². The summed E-state index contributed by atoms with van der Waals surface area (Å²) in [6, 6.07) is 3.20. The van der Waals surface area contributed by atoms with E-state index in [4.69, 9.17) is 0 Å². The van der Waals surface area contributed by atoms with E-state index in [0.29, 0.717) is 18.0 Å². The van der Waals surface area contributed by atoms with Gasteiger partial charge in [0.25, 0.3) is 0 Å². The fraction of sp³-hybridized carbons (Fsp3) is 0.778. The molecule has 3 heterocycles. The molecule has 3 fully saturated rings. The maximum absolute atomic E-state index is 11.3. The number of hydrogen-bond donors (Lipinski definition) is 1. The van der Waals surface area contributed by atoms with Crippen molar-refractivity contribution in [1.82, 2.24) is 19.6 Å². The van der Waals surface area contributed by atoms with Gasteiger partial charge in [-0.3, -0.25) is 9.58 Å². The lowest BCUT2D eigenvalue weighted by molar-refractivity contribution is -0.0797. The molecule has 6 nitrogen and oxygen atoms in total. The summed E-state index contributed by atoms with van der Waals surface area (Å²) < 4.78 is 2.11. The molecule has 4 rings (SSSR count). The number of nitrogens with zero attached hydrogens (tertiary/aromatic N) is 4. The van der Waals surface area contributed by atoms with Crippen LogP contribution in [0.25, 0.3) is 0 Å². The summed E-state index contributed by atoms with van der Waals surface area (Å²) in [5.41, 5.74) is 0.261. The summed E-state index contributed by atoms with van der Waals surface area (Å²) in [7, 11) is 0. The normalized spacial score (nSPS) is 34.6. The lowest BCUT2D eigenvalue weighted by Gasteiger charge is -2.58. The summed E-state index contributed by atoms with van der Waals surface area (Å²) >= 11 is 0. The molecule has 6 heteroatoms. The first-order valence-electron chi connectivity index (χ1n) is 9.34. The van der Waals surface area contributed by atoms with Gasteiger partial charge >= 0.3 is 6.09 Å². The Morgan fingerprint density at radius 1 is 1.33 bits per heavy atom. The Morgan fingerprint density at radius 3 is 2.71 bits per heavy atom. The molecule has 1 spiro atoms. The van der Waals surface area contributed by atoms with Crippen LogP contribution in [0.5, 0.6) is 0 Å². The summed E-state index contributed by atoms with van der Waals surface area (Å²) in [6.45, 7) is 6.04. The minimum atomic E-state index is -0.745. The van der Waals surface area contributed by atoms with Gasteiger partial charge in [0.15, 0.2) is 0 Å². The van der Waals surface area contributed by atoms with Crippen molar-refractivity contribution in [3.8, 4) is 0 Å². The Kier molecular flexibility index (Phi) is 4.03. The highest BCUT2D eigenvalue weighted by molar-refractivity contribution is 5.65. The van der Waals surface area contributed by atoms with Crippen molar-refractivity contribution in [2.24, 2.45) is 11.3 Å². The van der Waals surface area contributed by atoms with E-state index in [0.717, 1.165) is 39.0 Å². The van der Waals surface area contributed by atoms with Crippen LogP contribution < -0.4 is 0 Å². The number of hydrogen-bond acceptors (Lipinski definition) is 3. The first-order chi connectivity index (χ1) is 11.6. The molecule has 0 bridgehead atoms. The van der Waals surface area contributed by atoms with Gasteiger partial charge in [0.2, 0.25) is 0 Å². The molecular weight excluding hydrogens is 304 g/mol. The molecule has 132 valence electrons. The second kappa shape index (κ2) is 6.06. The smallest absolute Gasteiger partial charge is 0.407 e. The Bertz CT molecular complexity index is 582. The Hall–Kier alpha value is -1.56. The van der Waals surface area contributed by atoms with Gasteiger partial charge in [-0.05, 0) is 43.1 Å². The fourth-order valence-corrected chi connectivity index (χ4v) is 5.55. The number of carboxylic acid groups (broad SMARTS) is 1. The Labute approximate surface area is 143 Å². The van der Waals surface area contributed by atoms with Crippen LogP contribution in [0.2, 0.25) is 0 Å². The number of amides is 1. The van der Waals surface area contributed by atoms with Crippen LogP contribution in [0, 0.1) is 11.3 Å². The van der Waals surface area contributed by atoms with Gasteiger partial charge in [-0.15, -0.1) is 0 Å². The van der Waals surface area contributed by atoms with E-state index in [1.165, 1.54) is 19.3 Å². The first kappa shape index (κ1) is 15.9. The number of carbonyl (C=O) groups is 1. The van der Waals surface area contributed by atoms with E-state index in [-0.39, 0.29) is 5.41 Å². The molecule has 24 heavy (non-hydrogen) atoms. The van der Waals surface area contributed by atoms with Crippen molar-refractivity contribution >= 4 is 6.09 Å². The SMILES string of the molecule is CCC1C(N2CCC(n3cccn3)CC2)CC12CCN(C(=O)O)C2. The number of aromatic nitrogens is 2. The molecule has 1 aliphatic carbocycles. The molecule has 1 aromatic heterocycles. The molecule has 3 aliphatic rings. The third kappa shape index (κ3) is 2.51. The fourth-order valence-electron chi connectivity index (χ4n) is 5.55. The molecule has 0 aromatic carbocycles. The van der Waals surface area contributed by atoms with Crippen LogP contribution in [0.4, 0.5) is 4.79 Å². The lowest BCUT2D eigenvalue weighted by atomic mass is 9.54. The standard InChI is InChI=1S/C18H28N4O2/c1-2-15-16(12-18(15)6-11-21(13-18)17(23)24)20-9-4-14(5-10-20)22-8-3-7-19-22/h3,7-8,14-16H,2,4-6,9-13H2,1H3,(H,23,24). The van der Waals surface area contributed by atoms with Crippen LogP contribution in [-0.4, -0.2) is 63.0 Å². The van der Waals surface area contributed by atoms with Crippen LogP contribution in [0.3, 0.4) is 0 Å². The molecular formula is C18H28N4O2. The molecule has 1 saturated carbocycles. The topological polar surface area (TPSA) is 61.6 Å². The summed E-state index contributed by atoms with van der Waals surface area (Å²) in [4.78, 5) is 15.6. The van der Waals surface area contributed by atoms with Crippen LogP contribution >= 0.6 is 0 Å². The van der Waals surface area contributed by atoms with Crippen molar-refractivity contribution in [3.63, 3.8) is 0 Å². The maximum atomic E-state index is 11.3. The molecule has 2 saturated heterocycles. The number of piperidine rings is 1. The second-order valence-corrected chi connectivity index (χ2v) is 7.86. The third-order valence-electron chi connectivity index (χ3n) is 6.83. The van der Waals surface area contributed by atoms with E-state index in [1.54, 1.807) is 4.90 Å². The Balaban J connectivity index is 1.36. The van der Waals surface area contributed by atoms with Crippen molar-refractivity contribution in [2.45, 2.75) is 51.1 Å². The lowest BCUT2D eigenvalue weighted by Crippen LogP contribution is -2.61. The van der Waals surface area contributed by atoms with Gasteiger partial charge in [-0.2, -0.15) is 5.10 Å². The summed E-state index contributed by atoms with van der Waals surface area (Å²) in [6.07, 6.45) is 8.93. The van der Waals surface area contributed by atoms with E-state index in [9.17, 15) is 9.90 Å².